The van der Waals surface area contributed by atoms with E-state index in [-0.39, 0.29) is 81.4 Å². The predicted octanol–water partition coefficient (Wildman–Crippen LogP) is 0.289. The first-order chi connectivity index (χ1) is 24.8. The monoisotopic (exact) mass is 987 g/mol. The van der Waals surface area contributed by atoms with Crippen LogP contribution in [0.15, 0.2) is 0 Å². The Balaban J connectivity index is 2.14. The van der Waals surface area contributed by atoms with Crippen molar-refractivity contribution < 1.29 is 33.6 Å². The number of carbonyl (C=O) groups is 7. The van der Waals surface area contributed by atoms with Gasteiger partial charge in [-0.2, -0.15) is 22.4 Å². The highest BCUT2D eigenvalue weighted by Crippen LogP contribution is 2.49. The molecule has 3 radical (unpaired) electrons. The molecule has 2 heterocycles. The molecule has 0 aromatic heterocycles. The van der Waals surface area contributed by atoms with E-state index >= 15 is 0 Å². The van der Waals surface area contributed by atoms with Crippen LogP contribution >= 0.6 is 58.3 Å². The number of likely N-dealkylation sites (tertiary alicyclic amines) is 2. The van der Waals surface area contributed by atoms with Gasteiger partial charge < -0.3 is 16.0 Å². The molecule has 0 aromatic carbocycles. The molecule has 0 aliphatic carbocycles. The molecule has 3 N–H and O–H groups in total. The highest BCUT2D eigenvalue weighted by atomic mass is 127. The molecular weight excluding hydrogens is 934 g/mol. The number of halogens is 2. The first-order valence-corrected chi connectivity index (χ1v) is 24.5. The lowest BCUT2D eigenvalue weighted by Gasteiger charge is -2.31. The Morgan fingerprint density at radius 2 is 1.10 bits per heavy atom. The number of nitrogens with one attached hydrogen (secondary N) is 3. The van der Waals surface area contributed by atoms with Crippen LogP contribution in [-0.2, 0) is 33.6 Å². The van der Waals surface area contributed by atoms with Crippen molar-refractivity contribution in [2.75, 3.05) is 91.6 Å². The van der Waals surface area contributed by atoms with E-state index in [2.05, 4.69) is 53.0 Å². The SMILES string of the molecule is [B]P(I)C1CC(=O)N(CCN(CCNC(=O)CC)CCN(CCNC(=O)CC)CCN(CCNC(=O)CC)CCN2C(=O)CC(P[B]I)C2=O)C1=O. The molecule has 7 amide bonds. The summed E-state index contributed by atoms with van der Waals surface area (Å²) in [4.78, 5) is 98.2. The summed E-state index contributed by atoms with van der Waals surface area (Å²) in [7, 11) is 6.30. The van der Waals surface area contributed by atoms with Crippen LogP contribution in [0, 0.1) is 0 Å². The molecule has 2 aliphatic rings. The number of carbonyl (C=O) groups excluding carboxylic acids is 7. The van der Waals surface area contributed by atoms with Gasteiger partial charge in [-0.05, 0) is 0 Å². The van der Waals surface area contributed by atoms with Crippen LogP contribution in [0.25, 0.3) is 0 Å². The van der Waals surface area contributed by atoms with Crippen molar-refractivity contribution in [3.05, 3.63) is 0 Å². The van der Waals surface area contributed by atoms with Gasteiger partial charge in [-0.25, -0.2) is 0 Å². The summed E-state index contributed by atoms with van der Waals surface area (Å²) in [6.45, 7) is 11.9. The molecule has 4 unspecified atom stereocenters. The van der Waals surface area contributed by atoms with Gasteiger partial charge in [0.15, 0.2) is 0 Å². The maximum atomic E-state index is 12.9. The zero-order valence-corrected chi connectivity index (χ0v) is 36.8. The lowest BCUT2D eigenvalue weighted by Crippen LogP contribution is -2.47. The molecule has 289 valence electrons. The molecule has 52 heavy (non-hydrogen) atoms. The normalized spacial score (nSPS) is 18.5. The summed E-state index contributed by atoms with van der Waals surface area (Å²) in [5, 5.41) is 8.75. The summed E-state index contributed by atoms with van der Waals surface area (Å²) in [6.07, 6.45) is 1.47. The number of nitrogens with zero attached hydrogens (tertiary/aromatic N) is 5. The van der Waals surface area contributed by atoms with E-state index in [1.807, 2.05) is 26.9 Å². The van der Waals surface area contributed by atoms with Crippen LogP contribution in [-0.4, -0.2) is 181 Å². The Hall–Kier alpha value is -0.980. The highest BCUT2D eigenvalue weighted by molar-refractivity contribution is 14.2. The lowest BCUT2D eigenvalue weighted by atomic mass is 10.3. The fourth-order valence-corrected chi connectivity index (χ4v) is 9.74. The Morgan fingerprint density at radius 1 is 0.712 bits per heavy atom. The van der Waals surface area contributed by atoms with Gasteiger partial charge in [0.05, 0.1) is 11.3 Å². The van der Waals surface area contributed by atoms with Crippen LogP contribution in [0.2, 0.25) is 0 Å². The van der Waals surface area contributed by atoms with Gasteiger partial charge >= 0.3 is 0 Å². The number of rotatable bonds is 27. The van der Waals surface area contributed by atoms with Gasteiger partial charge in [-0.1, -0.05) is 48.3 Å². The third kappa shape index (κ3) is 16.8. The number of hydrogen-bond acceptors (Lipinski definition) is 10. The Labute approximate surface area is 339 Å². The zero-order valence-electron chi connectivity index (χ0n) is 30.5. The topological polar surface area (TPSA) is 172 Å². The van der Waals surface area contributed by atoms with Crippen LogP contribution in [0.5, 0.6) is 0 Å². The second kappa shape index (κ2) is 26.0. The Kier molecular flexibility index (Phi) is 23.6. The van der Waals surface area contributed by atoms with E-state index in [0.717, 1.165) is 0 Å². The third-order valence-electron chi connectivity index (χ3n) is 8.98. The average molecular weight is 987 g/mol. The molecule has 2 rings (SSSR count). The quantitative estimate of drug-likeness (QED) is 0.0450. The standard InChI is InChI=1S/C31H53B2I2N8O7P2/c1-4-25(44)36-7-10-39(13-15-40(11-8-37-26(45)5-2)17-19-42-28(47)21-23(30(42)49)51-33-34)14-16-41(12-9-38-27(46)6-3)18-20-43-29(48)22-24(31(43)50)52(32)35/h23-24,51H,4-22H2,1-3H3,(H,36,44)(H,37,45)(H,38,46). The molecule has 0 aromatic rings. The number of amides is 7. The van der Waals surface area contributed by atoms with Crippen molar-refractivity contribution in [3.8, 4) is 0 Å². The highest BCUT2D eigenvalue weighted by Gasteiger charge is 2.40. The minimum Gasteiger partial charge on any atom is -0.355 e. The summed E-state index contributed by atoms with van der Waals surface area (Å²) in [5.74, 6) is -0.911. The van der Waals surface area contributed by atoms with Crippen molar-refractivity contribution in [2.45, 2.75) is 64.2 Å². The molecule has 2 aliphatic heterocycles. The Morgan fingerprint density at radius 3 is 1.46 bits per heavy atom. The third-order valence-corrected chi connectivity index (χ3v) is 14.1. The minimum atomic E-state index is -1.10. The number of hydrogen-bond donors (Lipinski definition) is 3. The summed E-state index contributed by atoms with van der Waals surface area (Å²) < 4.78 is 0. The van der Waals surface area contributed by atoms with Gasteiger partial charge in [0, 0.05) is 124 Å². The van der Waals surface area contributed by atoms with E-state index in [1.54, 1.807) is 20.8 Å². The van der Waals surface area contributed by atoms with E-state index < -0.39 is 11.1 Å². The second-order valence-electron chi connectivity index (χ2n) is 12.5. The molecule has 2 saturated heterocycles. The van der Waals surface area contributed by atoms with Crippen molar-refractivity contribution in [3.63, 3.8) is 0 Å². The summed E-state index contributed by atoms with van der Waals surface area (Å²) in [5.41, 5.74) is -1.86. The van der Waals surface area contributed by atoms with Gasteiger partial charge in [0.1, 0.15) is 7.57 Å². The van der Waals surface area contributed by atoms with Gasteiger partial charge in [-0.3, -0.25) is 58.1 Å². The second-order valence-corrected chi connectivity index (χ2v) is 20.3. The maximum absolute atomic E-state index is 12.9. The molecule has 0 saturated carbocycles. The van der Waals surface area contributed by atoms with E-state index in [4.69, 9.17) is 7.57 Å². The average Bonchev–Trinajstić information content (AvgIpc) is 3.56. The van der Waals surface area contributed by atoms with E-state index in [9.17, 15) is 33.6 Å². The lowest BCUT2D eigenvalue weighted by molar-refractivity contribution is -0.140. The maximum Gasteiger partial charge on any atom is 0.237 e. The minimum absolute atomic E-state index is 0.0496. The smallest absolute Gasteiger partial charge is 0.237 e. The van der Waals surface area contributed by atoms with E-state index in [1.165, 1.54) is 9.80 Å². The number of imide groups is 2. The molecule has 21 heteroatoms. The fourth-order valence-electron chi connectivity index (χ4n) is 5.71. The van der Waals surface area contributed by atoms with Crippen LogP contribution < -0.4 is 16.0 Å². The largest absolute Gasteiger partial charge is 0.355 e. The molecule has 0 bridgehead atoms. The van der Waals surface area contributed by atoms with Crippen LogP contribution in [0.1, 0.15) is 52.9 Å². The van der Waals surface area contributed by atoms with Gasteiger partial charge in [0.25, 0.3) is 0 Å². The van der Waals surface area contributed by atoms with Crippen molar-refractivity contribution in [1.82, 2.24) is 40.4 Å². The van der Waals surface area contributed by atoms with Crippen molar-refractivity contribution in [2.24, 2.45) is 0 Å². The van der Waals surface area contributed by atoms with Crippen molar-refractivity contribution >= 4 is 112 Å². The summed E-state index contributed by atoms with van der Waals surface area (Å²) >= 11 is 4.15. The molecule has 2 fully saturated rings. The van der Waals surface area contributed by atoms with Crippen LogP contribution in [0.3, 0.4) is 0 Å². The first kappa shape index (κ1) is 47.2. The summed E-state index contributed by atoms with van der Waals surface area (Å²) in [6, 6.07) is 0. The van der Waals surface area contributed by atoms with Gasteiger partial charge in [-0.15, -0.1) is 8.46 Å². The Bertz CT molecular complexity index is 1230. The first-order valence-electron chi connectivity index (χ1n) is 17.9. The van der Waals surface area contributed by atoms with Gasteiger partial charge in [0.2, 0.25) is 46.2 Å². The predicted molar refractivity (Wildman–Crippen MR) is 224 cm³/mol. The molecule has 0 spiro atoms. The van der Waals surface area contributed by atoms with E-state index in [0.29, 0.717) is 97.8 Å². The van der Waals surface area contributed by atoms with Crippen LogP contribution in [0.4, 0.5) is 0 Å². The zero-order chi connectivity index (χ0) is 38.6. The molecule has 4 atom stereocenters. The molecule has 15 nitrogen and oxygen atoms in total. The van der Waals surface area contributed by atoms with Crippen molar-refractivity contribution in [1.29, 1.82) is 0 Å². The molecular formula is C31H53B2I2N8O7P2. The fraction of sp³-hybridized carbons (Fsp3) is 0.774.